The smallest absolute Gasteiger partial charge is 0.394 e. The van der Waals surface area contributed by atoms with Gasteiger partial charge in [0.25, 0.3) is 0 Å². The molecule has 0 radical (unpaired) electrons. The molecular weight excluding hydrogens is 1960 g/mol. The van der Waals surface area contributed by atoms with Gasteiger partial charge in [-0.05, 0) is 84.0 Å². The number of aryl methyl sites for hydroxylation is 1. The zero-order valence-electron chi connectivity index (χ0n) is 83.4. The Morgan fingerprint density at radius 2 is 0.828 bits per heavy atom. The molecule has 2 aromatic heterocycles. The average molecular weight is 2120 g/mol. The minimum absolute atomic E-state index is 0.0183. The highest BCUT2D eigenvalue weighted by Crippen LogP contribution is 2.52. The van der Waals surface area contributed by atoms with Crippen molar-refractivity contribution in [2.24, 2.45) is 0 Å². The summed E-state index contributed by atoms with van der Waals surface area (Å²) in [6, 6.07) is -4.19. The van der Waals surface area contributed by atoms with Crippen molar-refractivity contribution >= 4 is 91.6 Å². The first-order valence-electron chi connectivity index (χ1n) is 49.8. The number of unbranched alkanes of at least 4 members (excludes halogenated alkanes) is 8. The van der Waals surface area contributed by atoms with Crippen molar-refractivity contribution in [3.63, 3.8) is 0 Å². The molecular formula is C90H155N15O38P2. The van der Waals surface area contributed by atoms with E-state index in [1.807, 2.05) is 0 Å². The minimum atomic E-state index is -4.97. The summed E-state index contributed by atoms with van der Waals surface area (Å²) in [5, 5.41) is 129. The van der Waals surface area contributed by atoms with Crippen LogP contribution in [-0.4, -0.2) is 416 Å². The van der Waals surface area contributed by atoms with Crippen LogP contribution in [0.4, 0.5) is 0 Å². The van der Waals surface area contributed by atoms with Gasteiger partial charge < -0.3 is 171 Å². The number of β-amino-alcohol motifs (C(OH)–C–C–N with tert-alkyl or cyclic N) is 1. The summed E-state index contributed by atoms with van der Waals surface area (Å²) < 4.78 is 103. The number of aliphatic hydroxyl groups is 10. The lowest BCUT2D eigenvalue weighted by Crippen LogP contribution is -2.64. The van der Waals surface area contributed by atoms with Crippen LogP contribution in [0, 0.1) is 6.92 Å². The molecule has 828 valence electrons. The topological polar surface area (TPSA) is 752 Å². The molecule has 55 heteroatoms. The van der Waals surface area contributed by atoms with Crippen LogP contribution >= 0.6 is 15.4 Å². The highest BCUT2D eigenvalue weighted by molar-refractivity contribution is 7.53. The SMILES string of the molecule is CC(=O)NC1[C@H](OCCCCC(=O)NCCCNC(=O)CCOCC(COCCC(=O)NCCCNC(=O)CCCCO[C@@H]2OC(CO)[C@H](O)[C@H](O)C2NC(C)=O)(COCCC(=O)NCCCNC(=O)CCCCO[C@@H]2OC(CO)[C@H](O)[C@H](O)C2NC(C)=O)NC(=O)CCCCCCCCC(=O)N2C[C@@H](O)C[C@@H]2COP(=O)(O)O[C@H]2C[C@H](n3cnc4c(C)ncnc43)O[C@@H]2COP(=O)(O)C(C)C)OC(CO)[C@H](O)[C@@H]1O. The van der Waals surface area contributed by atoms with Crippen LogP contribution in [0.25, 0.3) is 11.2 Å². The summed E-state index contributed by atoms with van der Waals surface area (Å²) in [6.07, 6.45) is -11.1. The zero-order valence-corrected chi connectivity index (χ0v) is 85.2. The summed E-state index contributed by atoms with van der Waals surface area (Å²) in [6.45, 7) is 5.15. The number of amides is 11. The van der Waals surface area contributed by atoms with Gasteiger partial charge in [-0.1, -0.05) is 39.5 Å². The maximum absolute atomic E-state index is 14.3. The fraction of sp³-hybridized carbons (Fsp3) is 0.822. The number of phosphoric ester groups is 1. The Morgan fingerprint density at radius 3 is 1.22 bits per heavy atom. The van der Waals surface area contributed by atoms with E-state index < -0.39 is 224 Å². The number of carbonyl (C=O) groups excluding carboxylic acids is 11. The third-order valence-corrected chi connectivity index (χ3v) is 27.3. The highest BCUT2D eigenvalue weighted by Gasteiger charge is 2.50. The molecule has 22 N–H and O–H groups in total. The van der Waals surface area contributed by atoms with Crippen molar-refractivity contribution in [3.8, 4) is 0 Å². The van der Waals surface area contributed by atoms with E-state index in [1.54, 1.807) is 11.5 Å². The van der Waals surface area contributed by atoms with Gasteiger partial charge in [0, 0.05) is 144 Å². The standard InChI is InChI=1S/C90H155N15O38P2/c1-55(2)144(127,128)137-49-66-62(43-75(139-66)105-54-99-76-56(3)97-53-98-86(76)105)143-145(129,130)138-48-60-42-61(112)44-104(60)74(120)26-12-10-8-7-9-11-25-73(119)103-90(50-131-39-27-70(116)94-33-19-30-91-67(113)22-13-16-36-134-87-77(100-57(4)109)83(124)80(121)63(45-106)140-87,51-132-40-28-71(117)95-34-20-31-92-68(114)23-14-17-37-135-88-78(101-58(5)110)84(125)81(122)64(46-107)141-88)52-133-41-29-72(118)96-35-21-32-93-69(115)24-15-18-38-136-89-79(102-59(6)111)85(126)82(123)65(47-108)142-89/h53-55,60-66,75,77-85,87-89,106-108,112,121-126H,7-52H2,1-6H3,(H,91,113)(H,92,114)(H,93,115)(H,94,116)(H,95,117)(H,96,118)(H,100,109)(H,101,110)(H,102,111)(H,103,119)(H,127,128)(H,129,130)/t60-,61+,62+,63?,64?,65?,66-,75-,77?,78?,79?,80+,81+,82+,83-,84-,85-,87-,88-,89-,90?/m1/s1. The van der Waals surface area contributed by atoms with Crippen molar-refractivity contribution in [1.29, 1.82) is 0 Å². The molecule has 5 aliphatic rings. The second-order valence-electron chi connectivity index (χ2n) is 36.9. The third-order valence-electron chi connectivity index (χ3n) is 24.5. The molecule has 0 aliphatic carbocycles. The lowest BCUT2D eigenvalue weighted by Gasteiger charge is -2.42. The van der Waals surface area contributed by atoms with Gasteiger partial charge in [0.1, 0.15) is 109 Å². The number of rotatable bonds is 71. The number of hydrogen-bond acceptors (Lipinski definition) is 39. The Kier molecular flexibility index (Phi) is 55.9. The number of ether oxygens (including phenoxy) is 10. The number of likely N-dealkylation sites (tertiary alicyclic amines) is 1. The summed E-state index contributed by atoms with van der Waals surface area (Å²) in [5.74, 6) is -4.45. The lowest BCUT2D eigenvalue weighted by atomic mass is 9.97. The van der Waals surface area contributed by atoms with E-state index in [2.05, 4.69) is 68.1 Å². The summed E-state index contributed by atoms with van der Waals surface area (Å²) in [5.41, 5.74) is -0.853. The molecule has 0 bridgehead atoms. The monoisotopic (exact) mass is 2120 g/mol. The van der Waals surface area contributed by atoms with E-state index >= 15 is 0 Å². The molecule has 7 heterocycles. The van der Waals surface area contributed by atoms with Gasteiger partial charge in [-0.3, -0.25) is 70.9 Å². The fourth-order valence-corrected chi connectivity index (χ4v) is 18.1. The number of nitrogens with one attached hydrogen (secondary N) is 10. The predicted molar refractivity (Wildman–Crippen MR) is 508 cm³/mol. The van der Waals surface area contributed by atoms with Crippen LogP contribution in [0.1, 0.15) is 207 Å². The molecule has 8 unspecified atom stereocenters. The van der Waals surface area contributed by atoms with Crippen molar-refractivity contribution in [2.45, 2.75) is 336 Å². The number of imidazole rings is 1. The number of phosphoric acid groups is 1. The van der Waals surface area contributed by atoms with Crippen LogP contribution in [0.2, 0.25) is 0 Å². The summed E-state index contributed by atoms with van der Waals surface area (Å²) in [4.78, 5) is 177. The van der Waals surface area contributed by atoms with Gasteiger partial charge in [0.15, 0.2) is 24.5 Å². The van der Waals surface area contributed by atoms with E-state index in [1.165, 1.54) is 52.2 Å². The normalized spacial score (nSPS) is 26.0. The van der Waals surface area contributed by atoms with Crippen LogP contribution in [-0.2, 0) is 123 Å². The maximum Gasteiger partial charge on any atom is 0.472 e. The molecule has 22 atom stereocenters. The molecule has 0 spiro atoms. The van der Waals surface area contributed by atoms with Crippen molar-refractivity contribution in [1.82, 2.24) is 77.6 Å². The number of aromatic nitrogens is 4. The molecule has 5 saturated heterocycles. The third kappa shape index (κ3) is 44.0. The van der Waals surface area contributed by atoms with E-state index in [0.717, 1.165) is 0 Å². The van der Waals surface area contributed by atoms with Gasteiger partial charge in [-0.2, -0.15) is 0 Å². The molecule has 145 heavy (non-hydrogen) atoms. The number of hydrogen-bond donors (Lipinski definition) is 22. The second-order valence-corrected chi connectivity index (χ2v) is 40.7. The molecule has 2 aromatic rings. The summed E-state index contributed by atoms with van der Waals surface area (Å²) in [7, 11) is -9.12. The first kappa shape index (κ1) is 124. The Balaban J connectivity index is 0.908. The van der Waals surface area contributed by atoms with Crippen LogP contribution in [0.5, 0.6) is 0 Å². The Hall–Kier alpha value is -7.82. The predicted octanol–water partition coefficient (Wildman–Crippen LogP) is -4.05. The first-order valence-corrected chi connectivity index (χ1v) is 52.9. The molecule has 0 saturated carbocycles. The van der Waals surface area contributed by atoms with E-state index in [-0.39, 0.29) is 193 Å². The van der Waals surface area contributed by atoms with Crippen molar-refractivity contribution < 1.29 is 184 Å². The summed E-state index contributed by atoms with van der Waals surface area (Å²) >= 11 is 0. The quantitative estimate of drug-likeness (QED) is 0.0221. The average Bonchev–Trinajstić information content (AvgIpc) is 1.57. The van der Waals surface area contributed by atoms with Crippen LogP contribution < -0.4 is 53.2 Å². The van der Waals surface area contributed by atoms with Gasteiger partial charge in [0.05, 0.1) is 103 Å². The Bertz CT molecular complexity index is 4140. The molecule has 11 amide bonds. The molecule has 53 nitrogen and oxygen atoms in total. The molecule has 5 fully saturated rings. The minimum Gasteiger partial charge on any atom is -0.394 e. The fourth-order valence-electron chi connectivity index (χ4n) is 16.4. The lowest BCUT2D eigenvalue weighted by molar-refractivity contribution is -0.270. The van der Waals surface area contributed by atoms with Crippen molar-refractivity contribution in [3.05, 3.63) is 18.3 Å². The largest absolute Gasteiger partial charge is 0.472 e. The first-order chi connectivity index (χ1) is 69.2. The van der Waals surface area contributed by atoms with Crippen LogP contribution in [0.15, 0.2) is 12.7 Å². The van der Waals surface area contributed by atoms with Gasteiger partial charge in [-0.25, -0.2) is 19.5 Å². The Morgan fingerprint density at radius 1 is 0.448 bits per heavy atom. The van der Waals surface area contributed by atoms with Crippen molar-refractivity contribution in [2.75, 3.05) is 138 Å². The highest BCUT2D eigenvalue weighted by atomic mass is 31.2. The molecule has 0 aromatic carbocycles. The van der Waals surface area contributed by atoms with Gasteiger partial charge >= 0.3 is 15.4 Å². The van der Waals surface area contributed by atoms with E-state index in [0.29, 0.717) is 113 Å². The molecule has 5 aliphatic heterocycles. The van der Waals surface area contributed by atoms with Gasteiger partial charge in [0.2, 0.25) is 65.0 Å². The van der Waals surface area contributed by atoms with Gasteiger partial charge in [-0.15, -0.1) is 0 Å². The maximum atomic E-state index is 14.3. The van der Waals surface area contributed by atoms with Crippen LogP contribution in [0.3, 0.4) is 0 Å². The number of nitrogens with zero attached hydrogens (tertiary/aromatic N) is 5. The number of fused-ring (bicyclic) bond motifs is 1. The second kappa shape index (κ2) is 65.3. The number of aliphatic hydroxyl groups excluding tert-OH is 10. The Labute approximate surface area is 841 Å². The van der Waals surface area contributed by atoms with E-state index in [4.69, 9.17) is 60.9 Å². The zero-order chi connectivity index (χ0) is 106. The molecule has 7 rings (SSSR count). The number of carbonyl (C=O) groups is 11. The van der Waals surface area contributed by atoms with E-state index in [9.17, 15) is 123 Å².